The molecule has 244 valence electrons. The number of aromatic nitrogens is 1. The van der Waals surface area contributed by atoms with E-state index >= 15 is 0 Å². The van der Waals surface area contributed by atoms with E-state index in [1.807, 2.05) is 48.5 Å². The van der Waals surface area contributed by atoms with E-state index in [4.69, 9.17) is 9.72 Å². The zero-order valence-corrected chi connectivity index (χ0v) is 26.5. The summed E-state index contributed by atoms with van der Waals surface area (Å²) in [5.74, 6) is -0.817. The summed E-state index contributed by atoms with van der Waals surface area (Å²) in [6.45, 7) is 0.0311. The van der Waals surface area contributed by atoms with Gasteiger partial charge in [0.1, 0.15) is 23.1 Å². The number of hydrogen-bond acceptors (Lipinski definition) is 7. The van der Waals surface area contributed by atoms with Crippen LogP contribution in [0.2, 0.25) is 0 Å². The Labute approximate surface area is 268 Å². The molecule has 0 spiro atoms. The fraction of sp³-hybridized carbons (Fsp3) is 0.529. The minimum atomic E-state index is -3.60. The summed E-state index contributed by atoms with van der Waals surface area (Å²) >= 11 is 0. The standard InChI is InChI=1S/C34H40N4O7S/c39-30-29-18-22(45-31-26-13-7-6-11-24(26)25-12-8-9-14-27(25)35-31)20-38(29)32(40)28(36-33(41)42)15-5-3-1-2-4-10-21-19-34(21,37-30)46(43,44)23-16-17-23/h6-9,11-14,21-23,28-29,36H,1-5,10,15-20H2,(H,37,39)(H,41,42)/t21-,22-,28+,29+,34-/m1/s1. The maximum absolute atomic E-state index is 14.1. The number of amides is 3. The summed E-state index contributed by atoms with van der Waals surface area (Å²) in [7, 11) is -3.60. The number of nitrogens with zero attached hydrogens (tertiary/aromatic N) is 2. The first-order valence-electron chi connectivity index (χ1n) is 16.5. The molecule has 12 heteroatoms. The highest BCUT2D eigenvalue weighted by Gasteiger charge is 2.67. The fourth-order valence-corrected chi connectivity index (χ4v) is 10.2. The van der Waals surface area contributed by atoms with Crippen LogP contribution in [0.4, 0.5) is 4.79 Å². The third-order valence-corrected chi connectivity index (χ3v) is 13.2. The van der Waals surface area contributed by atoms with Gasteiger partial charge in [-0.1, -0.05) is 68.5 Å². The molecule has 11 nitrogen and oxygen atoms in total. The van der Waals surface area contributed by atoms with Crippen LogP contribution in [-0.2, 0) is 19.4 Å². The number of sulfone groups is 1. The summed E-state index contributed by atoms with van der Waals surface area (Å²) in [5, 5.41) is 17.2. The van der Waals surface area contributed by atoms with Crippen LogP contribution < -0.4 is 15.4 Å². The molecular formula is C34H40N4O7S. The van der Waals surface area contributed by atoms with Crippen molar-refractivity contribution in [2.24, 2.45) is 5.92 Å². The monoisotopic (exact) mass is 648 g/mol. The summed E-state index contributed by atoms with van der Waals surface area (Å²) in [4.78, 5) is 44.8. The maximum Gasteiger partial charge on any atom is 0.405 e. The van der Waals surface area contributed by atoms with Crippen molar-refractivity contribution in [2.45, 2.75) is 98.9 Å². The van der Waals surface area contributed by atoms with Crippen LogP contribution in [0.25, 0.3) is 21.7 Å². The summed E-state index contributed by atoms with van der Waals surface area (Å²) in [6, 6.07) is 13.4. The molecule has 46 heavy (non-hydrogen) atoms. The van der Waals surface area contributed by atoms with Gasteiger partial charge in [0.25, 0.3) is 0 Å². The van der Waals surface area contributed by atoms with Crippen LogP contribution in [0.3, 0.4) is 0 Å². The Balaban J connectivity index is 1.22. The van der Waals surface area contributed by atoms with E-state index in [0.29, 0.717) is 38.0 Å². The van der Waals surface area contributed by atoms with E-state index in [1.165, 1.54) is 4.90 Å². The van der Waals surface area contributed by atoms with Crippen LogP contribution in [0.15, 0.2) is 48.5 Å². The topological polar surface area (TPSA) is 155 Å². The molecule has 2 aliphatic heterocycles. The Morgan fingerprint density at radius 1 is 0.935 bits per heavy atom. The molecule has 4 fully saturated rings. The molecule has 1 aromatic heterocycles. The lowest BCUT2D eigenvalue weighted by Crippen LogP contribution is -2.56. The van der Waals surface area contributed by atoms with Crippen LogP contribution in [0.5, 0.6) is 5.88 Å². The molecule has 2 aliphatic carbocycles. The molecule has 7 rings (SSSR count). The van der Waals surface area contributed by atoms with Gasteiger partial charge in [-0.25, -0.2) is 18.2 Å². The van der Waals surface area contributed by atoms with Gasteiger partial charge in [0, 0.05) is 17.2 Å². The second-order valence-electron chi connectivity index (χ2n) is 13.3. The van der Waals surface area contributed by atoms with Gasteiger partial charge in [0.2, 0.25) is 17.7 Å². The van der Waals surface area contributed by atoms with Crippen molar-refractivity contribution in [3.8, 4) is 5.88 Å². The number of carbonyl (C=O) groups is 3. The van der Waals surface area contributed by atoms with Gasteiger partial charge in [-0.2, -0.15) is 0 Å². The Morgan fingerprint density at radius 2 is 1.61 bits per heavy atom. The molecular weight excluding hydrogens is 608 g/mol. The van der Waals surface area contributed by atoms with Crippen LogP contribution in [0.1, 0.15) is 70.6 Å². The number of ether oxygens (including phenoxy) is 1. The predicted octanol–water partition coefficient (Wildman–Crippen LogP) is 4.53. The molecule has 4 aliphatic rings. The number of carboxylic acid groups (broad SMARTS) is 1. The highest BCUT2D eigenvalue weighted by molar-refractivity contribution is 7.94. The van der Waals surface area contributed by atoms with Crippen molar-refractivity contribution in [3.05, 3.63) is 48.5 Å². The second kappa shape index (κ2) is 12.0. The minimum absolute atomic E-state index is 0.0311. The molecule has 3 amide bonds. The average Bonchev–Trinajstić information content (AvgIpc) is 3.97. The van der Waals surface area contributed by atoms with Crippen molar-refractivity contribution >= 4 is 49.4 Å². The van der Waals surface area contributed by atoms with E-state index in [9.17, 15) is 27.9 Å². The third-order valence-electron chi connectivity index (χ3n) is 10.2. The zero-order chi connectivity index (χ0) is 32.1. The average molecular weight is 649 g/mol. The van der Waals surface area contributed by atoms with Gasteiger partial charge < -0.3 is 25.4 Å². The number of para-hydroxylation sites is 1. The van der Waals surface area contributed by atoms with Crippen LogP contribution in [-0.4, -0.2) is 76.2 Å². The van der Waals surface area contributed by atoms with Gasteiger partial charge in [0.15, 0.2) is 9.84 Å². The first kappa shape index (κ1) is 30.7. The lowest BCUT2D eigenvalue weighted by atomic mass is 10.0. The fourth-order valence-electron chi connectivity index (χ4n) is 7.55. The zero-order valence-electron chi connectivity index (χ0n) is 25.7. The van der Waals surface area contributed by atoms with Crippen molar-refractivity contribution in [3.63, 3.8) is 0 Å². The molecule has 0 bridgehead atoms. The third kappa shape index (κ3) is 5.65. The Kier molecular flexibility index (Phi) is 8.02. The van der Waals surface area contributed by atoms with Crippen molar-refractivity contribution < 1.29 is 32.6 Å². The van der Waals surface area contributed by atoms with Gasteiger partial charge >= 0.3 is 6.09 Å². The van der Waals surface area contributed by atoms with Crippen molar-refractivity contribution in [1.82, 2.24) is 20.5 Å². The Morgan fingerprint density at radius 3 is 2.35 bits per heavy atom. The number of hydrogen-bond donors (Lipinski definition) is 3. The number of pyridine rings is 1. The summed E-state index contributed by atoms with van der Waals surface area (Å²) in [6.07, 6.45) is 4.94. The molecule has 0 unspecified atom stereocenters. The predicted molar refractivity (Wildman–Crippen MR) is 172 cm³/mol. The quantitative estimate of drug-likeness (QED) is 0.341. The minimum Gasteiger partial charge on any atom is -0.472 e. The highest BCUT2D eigenvalue weighted by Crippen LogP contribution is 2.55. The normalized spacial score (nSPS) is 29.3. The van der Waals surface area contributed by atoms with Crippen molar-refractivity contribution in [2.75, 3.05) is 6.54 Å². The maximum atomic E-state index is 14.1. The molecule has 3 heterocycles. The lowest BCUT2D eigenvalue weighted by molar-refractivity contribution is -0.140. The van der Waals surface area contributed by atoms with Gasteiger partial charge in [0.05, 0.1) is 17.3 Å². The van der Waals surface area contributed by atoms with Gasteiger partial charge in [-0.3, -0.25) is 9.59 Å². The molecule has 3 aromatic rings. The highest BCUT2D eigenvalue weighted by atomic mass is 32.2. The SMILES string of the molecule is O=C(O)N[C@H]1CCCCCCC[C@@H]2C[C@]2(S(=O)(=O)C2CC2)NC(=O)[C@@H]2C[C@@H](Oc3nc4ccccc4c4ccccc34)CN2C1=O. The molecule has 0 radical (unpaired) electrons. The van der Waals surface area contributed by atoms with Gasteiger partial charge in [-0.15, -0.1) is 0 Å². The number of rotatable bonds is 5. The number of carbonyl (C=O) groups excluding carboxylic acids is 2. The van der Waals surface area contributed by atoms with Gasteiger partial charge in [-0.05, 0) is 55.5 Å². The molecule has 2 aromatic carbocycles. The van der Waals surface area contributed by atoms with E-state index in [0.717, 1.165) is 53.8 Å². The summed E-state index contributed by atoms with van der Waals surface area (Å²) in [5.41, 5.74) is 0.746. The number of fused-ring (bicyclic) bond motifs is 5. The summed E-state index contributed by atoms with van der Waals surface area (Å²) < 4.78 is 33.9. The Hall–Kier alpha value is -3.93. The van der Waals surface area contributed by atoms with Crippen LogP contribution >= 0.6 is 0 Å². The van der Waals surface area contributed by atoms with E-state index in [-0.39, 0.29) is 18.9 Å². The first-order valence-corrected chi connectivity index (χ1v) is 18.0. The van der Waals surface area contributed by atoms with E-state index in [2.05, 4.69) is 10.6 Å². The molecule has 3 N–H and O–H groups in total. The molecule has 2 saturated heterocycles. The Bertz CT molecular complexity index is 1790. The lowest BCUT2D eigenvalue weighted by Gasteiger charge is -2.29. The van der Waals surface area contributed by atoms with E-state index in [1.54, 1.807) is 0 Å². The number of nitrogens with one attached hydrogen (secondary N) is 2. The molecule has 5 atom stereocenters. The van der Waals surface area contributed by atoms with E-state index < -0.39 is 56.1 Å². The number of benzene rings is 2. The second-order valence-corrected chi connectivity index (χ2v) is 15.8. The van der Waals surface area contributed by atoms with Crippen molar-refractivity contribution in [1.29, 1.82) is 0 Å². The first-order chi connectivity index (χ1) is 22.2. The van der Waals surface area contributed by atoms with Crippen LogP contribution in [0, 0.1) is 5.92 Å². The molecule has 2 saturated carbocycles. The smallest absolute Gasteiger partial charge is 0.405 e. The largest absolute Gasteiger partial charge is 0.472 e.